The first-order chi connectivity index (χ1) is 10.3. The summed E-state index contributed by atoms with van der Waals surface area (Å²) >= 11 is 0. The summed E-state index contributed by atoms with van der Waals surface area (Å²) in [6.45, 7) is 6.11. The average Bonchev–Trinajstić information content (AvgIpc) is 2.97. The Kier molecular flexibility index (Phi) is 4.58. The number of hydrogen-bond acceptors (Lipinski definition) is 3. The summed E-state index contributed by atoms with van der Waals surface area (Å²) in [5.41, 5.74) is 1.98. The van der Waals surface area contributed by atoms with Gasteiger partial charge in [0.1, 0.15) is 6.23 Å². The van der Waals surface area contributed by atoms with Crippen LogP contribution in [0, 0.1) is 5.92 Å². The lowest BCUT2D eigenvalue weighted by Gasteiger charge is -2.32. The molecule has 1 aliphatic rings. The minimum atomic E-state index is -0.552. The van der Waals surface area contributed by atoms with E-state index in [0.29, 0.717) is 5.92 Å². The van der Waals surface area contributed by atoms with Crippen LogP contribution in [-0.2, 0) is 0 Å². The number of hydrogen-bond donors (Lipinski definition) is 3. The molecule has 0 aliphatic carbocycles. The molecule has 2 heterocycles. The Morgan fingerprint density at radius 1 is 1.38 bits per heavy atom. The summed E-state index contributed by atoms with van der Waals surface area (Å²) in [6, 6.07) is 10.2. The van der Waals surface area contributed by atoms with E-state index in [4.69, 9.17) is 0 Å². The standard InChI is InChI=1S/C17H25N3O/c1-2-20(12-13-6-5-9-18-11-13)17(21)16-10-14-7-3-4-8-15(14)19-16/h3-4,7-8,10,13,17-19,21H,2,5-6,9,11-12H2,1H3. The van der Waals surface area contributed by atoms with E-state index in [1.807, 2.05) is 18.2 Å². The SMILES string of the molecule is CCN(CC1CCCNC1)C(O)c1cc2ccccc2[nH]1. The summed E-state index contributed by atoms with van der Waals surface area (Å²) in [6.07, 6.45) is 1.94. The Balaban J connectivity index is 1.72. The Hall–Kier alpha value is -1.36. The first kappa shape index (κ1) is 14.6. The first-order valence-corrected chi connectivity index (χ1v) is 7.98. The lowest BCUT2D eigenvalue weighted by atomic mass is 9.99. The highest BCUT2D eigenvalue weighted by molar-refractivity contribution is 5.80. The van der Waals surface area contributed by atoms with Crippen LogP contribution in [0.15, 0.2) is 30.3 Å². The molecule has 3 rings (SSSR count). The highest BCUT2D eigenvalue weighted by atomic mass is 16.3. The highest BCUT2D eigenvalue weighted by Gasteiger charge is 2.22. The van der Waals surface area contributed by atoms with Crippen molar-refractivity contribution in [2.75, 3.05) is 26.2 Å². The van der Waals surface area contributed by atoms with E-state index in [2.05, 4.69) is 34.3 Å². The number of benzene rings is 1. The van der Waals surface area contributed by atoms with Crippen molar-refractivity contribution in [3.63, 3.8) is 0 Å². The van der Waals surface area contributed by atoms with Crippen LogP contribution in [-0.4, -0.2) is 41.2 Å². The zero-order chi connectivity index (χ0) is 14.7. The summed E-state index contributed by atoms with van der Waals surface area (Å²) in [4.78, 5) is 5.50. The maximum atomic E-state index is 10.7. The predicted octanol–water partition coefficient (Wildman–Crippen LogP) is 2.48. The van der Waals surface area contributed by atoms with E-state index in [9.17, 15) is 5.11 Å². The second-order valence-corrected chi connectivity index (χ2v) is 5.99. The summed E-state index contributed by atoms with van der Waals surface area (Å²) in [5.74, 6) is 0.637. The molecule has 1 aromatic carbocycles. The van der Waals surface area contributed by atoms with Gasteiger partial charge in [-0.25, -0.2) is 0 Å². The number of aliphatic hydroxyl groups is 1. The van der Waals surface area contributed by atoms with Gasteiger partial charge in [-0.2, -0.15) is 0 Å². The van der Waals surface area contributed by atoms with Crippen LogP contribution >= 0.6 is 0 Å². The number of fused-ring (bicyclic) bond motifs is 1. The number of para-hydroxylation sites is 1. The number of aromatic amines is 1. The number of H-pyrrole nitrogens is 1. The van der Waals surface area contributed by atoms with E-state index in [1.165, 1.54) is 12.8 Å². The Morgan fingerprint density at radius 2 is 2.24 bits per heavy atom. The van der Waals surface area contributed by atoms with Gasteiger partial charge in [0.25, 0.3) is 0 Å². The molecule has 2 aromatic rings. The fourth-order valence-electron chi connectivity index (χ4n) is 3.24. The summed E-state index contributed by atoms with van der Waals surface area (Å²) in [5, 5.41) is 15.3. The van der Waals surface area contributed by atoms with Gasteiger partial charge in [0.05, 0.1) is 5.69 Å². The Bertz CT molecular complexity index is 541. The second kappa shape index (κ2) is 6.60. The lowest BCUT2D eigenvalue weighted by Crippen LogP contribution is -2.40. The van der Waals surface area contributed by atoms with Gasteiger partial charge >= 0.3 is 0 Å². The third-order valence-electron chi connectivity index (χ3n) is 4.47. The molecule has 21 heavy (non-hydrogen) atoms. The summed E-state index contributed by atoms with van der Waals surface area (Å²) in [7, 11) is 0. The van der Waals surface area contributed by atoms with Crippen molar-refractivity contribution in [3.8, 4) is 0 Å². The van der Waals surface area contributed by atoms with Gasteiger partial charge < -0.3 is 15.4 Å². The third kappa shape index (κ3) is 3.28. The molecule has 0 radical (unpaired) electrons. The van der Waals surface area contributed by atoms with Gasteiger partial charge in [-0.15, -0.1) is 0 Å². The summed E-state index contributed by atoms with van der Waals surface area (Å²) < 4.78 is 0. The molecule has 4 nitrogen and oxygen atoms in total. The van der Waals surface area contributed by atoms with Gasteiger partial charge in [0.2, 0.25) is 0 Å². The minimum absolute atomic E-state index is 0.552. The molecule has 1 aromatic heterocycles. The molecule has 0 saturated carbocycles. The molecule has 0 bridgehead atoms. The van der Waals surface area contributed by atoms with Crippen molar-refractivity contribution in [1.82, 2.24) is 15.2 Å². The smallest absolute Gasteiger partial charge is 0.148 e. The molecule has 1 saturated heterocycles. The van der Waals surface area contributed by atoms with Crippen LogP contribution in [0.1, 0.15) is 31.7 Å². The maximum absolute atomic E-state index is 10.7. The third-order valence-corrected chi connectivity index (χ3v) is 4.47. The number of nitrogens with one attached hydrogen (secondary N) is 2. The Morgan fingerprint density at radius 3 is 2.95 bits per heavy atom. The molecular weight excluding hydrogens is 262 g/mol. The molecule has 114 valence electrons. The van der Waals surface area contributed by atoms with E-state index in [1.54, 1.807) is 0 Å². The van der Waals surface area contributed by atoms with E-state index in [-0.39, 0.29) is 0 Å². The van der Waals surface area contributed by atoms with Crippen molar-refractivity contribution in [3.05, 3.63) is 36.0 Å². The molecule has 1 fully saturated rings. The monoisotopic (exact) mass is 287 g/mol. The van der Waals surface area contributed by atoms with E-state index >= 15 is 0 Å². The van der Waals surface area contributed by atoms with Crippen LogP contribution in [0.3, 0.4) is 0 Å². The molecular formula is C17H25N3O. The molecule has 1 aliphatic heterocycles. The van der Waals surface area contributed by atoms with Gasteiger partial charge in [-0.05, 0) is 55.9 Å². The average molecular weight is 287 g/mol. The molecule has 2 atom stereocenters. The van der Waals surface area contributed by atoms with Crippen molar-refractivity contribution in [2.45, 2.75) is 26.0 Å². The topological polar surface area (TPSA) is 51.3 Å². The van der Waals surface area contributed by atoms with Crippen LogP contribution in [0.4, 0.5) is 0 Å². The van der Waals surface area contributed by atoms with Crippen LogP contribution in [0.5, 0.6) is 0 Å². The highest BCUT2D eigenvalue weighted by Crippen LogP contribution is 2.24. The number of aromatic nitrogens is 1. The van der Waals surface area contributed by atoms with Crippen molar-refractivity contribution >= 4 is 10.9 Å². The largest absolute Gasteiger partial charge is 0.373 e. The molecule has 4 heteroatoms. The minimum Gasteiger partial charge on any atom is -0.373 e. The molecule has 2 unspecified atom stereocenters. The number of nitrogens with zero attached hydrogens (tertiary/aromatic N) is 1. The van der Waals surface area contributed by atoms with Gasteiger partial charge in [0, 0.05) is 12.1 Å². The fraction of sp³-hybridized carbons (Fsp3) is 0.529. The molecule has 0 amide bonds. The number of rotatable bonds is 5. The number of piperidine rings is 1. The Labute approximate surface area is 126 Å². The fourth-order valence-corrected chi connectivity index (χ4v) is 3.24. The normalized spacial score (nSPS) is 21.0. The zero-order valence-electron chi connectivity index (χ0n) is 12.7. The zero-order valence-corrected chi connectivity index (χ0v) is 12.7. The lowest BCUT2D eigenvalue weighted by molar-refractivity contribution is -0.00925. The quantitative estimate of drug-likeness (QED) is 0.741. The van der Waals surface area contributed by atoms with Crippen LogP contribution in [0.25, 0.3) is 10.9 Å². The molecule has 3 N–H and O–H groups in total. The second-order valence-electron chi connectivity index (χ2n) is 5.99. The van der Waals surface area contributed by atoms with Crippen LogP contribution < -0.4 is 5.32 Å². The number of aliphatic hydroxyl groups excluding tert-OH is 1. The first-order valence-electron chi connectivity index (χ1n) is 7.98. The predicted molar refractivity (Wildman–Crippen MR) is 86.1 cm³/mol. The van der Waals surface area contributed by atoms with Gasteiger partial charge in [0.15, 0.2) is 0 Å². The van der Waals surface area contributed by atoms with Gasteiger partial charge in [-0.3, -0.25) is 4.90 Å². The molecule has 0 spiro atoms. The van der Waals surface area contributed by atoms with E-state index in [0.717, 1.165) is 42.8 Å². The van der Waals surface area contributed by atoms with Gasteiger partial charge in [-0.1, -0.05) is 25.1 Å². The van der Waals surface area contributed by atoms with E-state index < -0.39 is 6.23 Å². The maximum Gasteiger partial charge on any atom is 0.148 e. The van der Waals surface area contributed by atoms with Crippen LogP contribution in [0.2, 0.25) is 0 Å². The van der Waals surface area contributed by atoms with Crippen molar-refractivity contribution < 1.29 is 5.11 Å². The van der Waals surface area contributed by atoms with Crippen molar-refractivity contribution in [2.24, 2.45) is 5.92 Å². The van der Waals surface area contributed by atoms with Crippen molar-refractivity contribution in [1.29, 1.82) is 0 Å².